The Balaban J connectivity index is 2.52. The fraction of sp³-hybridized carbons (Fsp3) is 0.273. The maximum atomic E-state index is 5.63. The van der Waals surface area contributed by atoms with E-state index >= 15 is 0 Å². The number of aromatic nitrogens is 3. The average Bonchev–Trinajstić information content (AvgIpc) is 2.73. The second kappa shape index (κ2) is 4.32. The number of anilines is 1. The molecule has 0 spiro atoms. The molecule has 2 rings (SSSR count). The number of aryl methyl sites for hydroxylation is 1. The summed E-state index contributed by atoms with van der Waals surface area (Å²) in [5.41, 5.74) is 7.87. The third-order valence-electron chi connectivity index (χ3n) is 2.43. The van der Waals surface area contributed by atoms with E-state index in [-0.39, 0.29) is 0 Å². The first-order valence-electron chi connectivity index (χ1n) is 5.15. The van der Waals surface area contributed by atoms with Crippen LogP contribution in [0.5, 0.6) is 0 Å². The fourth-order valence-electron chi connectivity index (χ4n) is 1.58. The van der Waals surface area contributed by atoms with Gasteiger partial charge in [-0.1, -0.05) is 17.7 Å². The molecule has 0 saturated heterocycles. The lowest BCUT2D eigenvalue weighted by molar-refractivity contribution is 0.860. The van der Waals surface area contributed by atoms with E-state index in [9.17, 15) is 0 Å². The predicted octanol–water partition coefficient (Wildman–Crippen LogP) is 1.08. The van der Waals surface area contributed by atoms with Crippen LogP contribution in [-0.2, 0) is 6.54 Å². The Morgan fingerprint density at radius 2 is 1.94 bits per heavy atom. The molecule has 3 N–H and O–H groups in total. The average molecular weight is 217 g/mol. The van der Waals surface area contributed by atoms with Crippen LogP contribution in [0.1, 0.15) is 11.4 Å². The van der Waals surface area contributed by atoms with E-state index in [4.69, 9.17) is 5.73 Å². The fourth-order valence-corrected chi connectivity index (χ4v) is 1.58. The number of benzene rings is 1. The largest absolute Gasteiger partial charge is 0.357 e. The first-order valence-corrected chi connectivity index (χ1v) is 5.15. The number of nitrogens with two attached hydrogens (primary N) is 1. The lowest BCUT2D eigenvalue weighted by Gasteiger charge is -2.09. The third-order valence-corrected chi connectivity index (χ3v) is 2.43. The quantitative estimate of drug-likeness (QED) is 0.807. The van der Waals surface area contributed by atoms with Crippen molar-refractivity contribution >= 4 is 5.95 Å². The summed E-state index contributed by atoms with van der Waals surface area (Å²) < 4.78 is 1.92. The highest BCUT2D eigenvalue weighted by Gasteiger charge is 2.10. The first-order chi connectivity index (χ1) is 7.76. The smallest absolute Gasteiger partial charge is 0.229 e. The summed E-state index contributed by atoms with van der Waals surface area (Å²) in [6.45, 7) is 2.42. The SMILES string of the molecule is CNc1nnc(CN)n1-c1ccc(C)cc1. The normalized spacial score (nSPS) is 10.4. The maximum absolute atomic E-state index is 5.63. The van der Waals surface area contributed by atoms with Gasteiger partial charge < -0.3 is 11.1 Å². The van der Waals surface area contributed by atoms with Gasteiger partial charge in [-0.25, -0.2) is 0 Å². The van der Waals surface area contributed by atoms with Gasteiger partial charge in [0.25, 0.3) is 0 Å². The minimum absolute atomic E-state index is 0.364. The van der Waals surface area contributed by atoms with Crippen molar-refractivity contribution in [1.82, 2.24) is 14.8 Å². The molecule has 0 bridgehead atoms. The molecule has 0 atom stereocenters. The van der Waals surface area contributed by atoms with Crippen molar-refractivity contribution in [1.29, 1.82) is 0 Å². The van der Waals surface area contributed by atoms with Crippen molar-refractivity contribution in [3.05, 3.63) is 35.7 Å². The molecule has 1 aromatic carbocycles. The van der Waals surface area contributed by atoms with Crippen molar-refractivity contribution in [2.45, 2.75) is 13.5 Å². The molecule has 0 radical (unpaired) electrons. The standard InChI is InChI=1S/C11H15N5/c1-8-3-5-9(6-4-8)16-10(7-12)14-15-11(16)13-2/h3-6H,7,12H2,1-2H3,(H,13,15). The van der Waals surface area contributed by atoms with Crippen molar-refractivity contribution in [3.8, 4) is 5.69 Å². The van der Waals surface area contributed by atoms with Gasteiger partial charge in [0.05, 0.1) is 12.2 Å². The van der Waals surface area contributed by atoms with E-state index in [2.05, 4.69) is 34.6 Å². The third kappa shape index (κ3) is 1.77. The Morgan fingerprint density at radius 3 is 2.50 bits per heavy atom. The van der Waals surface area contributed by atoms with Crippen LogP contribution in [0.2, 0.25) is 0 Å². The Morgan fingerprint density at radius 1 is 1.25 bits per heavy atom. The van der Waals surface area contributed by atoms with Crippen LogP contribution >= 0.6 is 0 Å². The van der Waals surface area contributed by atoms with Crippen LogP contribution in [0.3, 0.4) is 0 Å². The topological polar surface area (TPSA) is 68.8 Å². The van der Waals surface area contributed by atoms with Gasteiger partial charge in [0.2, 0.25) is 5.95 Å². The van der Waals surface area contributed by atoms with Crippen LogP contribution in [0.4, 0.5) is 5.95 Å². The second-order valence-electron chi connectivity index (χ2n) is 3.56. The molecule has 5 nitrogen and oxygen atoms in total. The summed E-state index contributed by atoms with van der Waals surface area (Å²) in [6, 6.07) is 8.15. The van der Waals surface area contributed by atoms with Gasteiger partial charge in [-0.3, -0.25) is 4.57 Å². The number of nitrogens with zero attached hydrogens (tertiary/aromatic N) is 3. The lowest BCUT2D eigenvalue weighted by Crippen LogP contribution is -2.09. The summed E-state index contributed by atoms with van der Waals surface area (Å²) in [7, 11) is 1.81. The van der Waals surface area contributed by atoms with E-state index in [1.165, 1.54) is 5.56 Å². The van der Waals surface area contributed by atoms with E-state index in [1.54, 1.807) is 0 Å². The van der Waals surface area contributed by atoms with Gasteiger partial charge in [-0.2, -0.15) is 0 Å². The summed E-state index contributed by atoms with van der Waals surface area (Å²) in [5.74, 6) is 1.44. The van der Waals surface area contributed by atoms with Crippen molar-refractivity contribution in [2.75, 3.05) is 12.4 Å². The molecular formula is C11H15N5. The molecule has 1 aromatic heterocycles. The molecule has 0 saturated carbocycles. The molecule has 16 heavy (non-hydrogen) atoms. The van der Waals surface area contributed by atoms with E-state index < -0.39 is 0 Å². The van der Waals surface area contributed by atoms with Crippen LogP contribution in [-0.4, -0.2) is 21.8 Å². The highest BCUT2D eigenvalue weighted by molar-refractivity contribution is 5.43. The van der Waals surface area contributed by atoms with Crippen molar-refractivity contribution in [2.24, 2.45) is 5.73 Å². The summed E-state index contributed by atoms with van der Waals surface area (Å²) in [4.78, 5) is 0. The minimum atomic E-state index is 0.364. The summed E-state index contributed by atoms with van der Waals surface area (Å²) in [6.07, 6.45) is 0. The molecule has 0 aliphatic rings. The molecule has 0 amide bonds. The number of hydrogen-bond donors (Lipinski definition) is 2. The van der Waals surface area contributed by atoms with Crippen LogP contribution in [0.25, 0.3) is 5.69 Å². The number of nitrogens with one attached hydrogen (secondary N) is 1. The van der Waals surface area contributed by atoms with Gasteiger partial charge in [0, 0.05) is 7.05 Å². The second-order valence-corrected chi connectivity index (χ2v) is 3.56. The van der Waals surface area contributed by atoms with E-state index in [1.807, 2.05) is 23.7 Å². The highest BCUT2D eigenvalue weighted by atomic mass is 15.3. The van der Waals surface area contributed by atoms with Gasteiger partial charge in [0.15, 0.2) is 5.82 Å². The van der Waals surface area contributed by atoms with Gasteiger partial charge in [0.1, 0.15) is 0 Å². The van der Waals surface area contributed by atoms with Gasteiger partial charge in [-0.15, -0.1) is 10.2 Å². The molecule has 0 fully saturated rings. The van der Waals surface area contributed by atoms with E-state index in [0.29, 0.717) is 12.5 Å². The van der Waals surface area contributed by atoms with E-state index in [0.717, 1.165) is 11.5 Å². The zero-order valence-electron chi connectivity index (χ0n) is 9.44. The molecule has 0 aliphatic heterocycles. The highest BCUT2D eigenvalue weighted by Crippen LogP contribution is 2.16. The number of rotatable bonds is 3. The van der Waals surface area contributed by atoms with Crippen LogP contribution in [0.15, 0.2) is 24.3 Å². The monoisotopic (exact) mass is 217 g/mol. The molecule has 5 heteroatoms. The van der Waals surface area contributed by atoms with Crippen LogP contribution < -0.4 is 11.1 Å². The van der Waals surface area contributed by atoms with Crippen molar-refractivity contribution in [3.63, 3.8) is 0 Å². The summed E-state index contributed by atoms with van der Waals surface area (Å²) in [5, 5.41) is 11.1. The zero-order chi connectivity index (χ0) is 11.5. The molecule has 1 heterocycles. The zero-order valence-corrected chi connectivity index (χ0v) is 9.44. The molecule has 2 aromatic rings. The predicted molar refractivity (Wildman–Crippen MR) is 63.5 cm³/mol. The molecular weight excluding hydrogens is 202 g/mol. The Labute approximate surface area is 94.3 Å². The molecule has 84 valence electrons. The lowest BCUT2D eigenvalue weighted by atomic mass is 10.2. The Hall–Kier alpha value is -1.88. The van der Waals surface area contributed by atoms with Crippen LogP contribution in [0, 0.1) is 6.92 Å². The minimum Gasteiger partial charge on any atom is -0.357 e. The first kappa shape index (κ1) is 10.6. The summed E-state index contributed by atoms with van der Waals surface area (Å²) >= 11 is 0. The van der Waals surface area contributed by atoms with Crippen molar-refractivity contribution < 1.29 is 0 Å². The van der Waals surface area contributed by atoms with Gasteiger partial charge >= 0.3 is 0 Å². The number of hydrogen-bond acceptors (Lipinski definition) is 4. The molecule has 0 aliphatic carbocycles. The Kier molecular flexibility index (Phi) is 2.87. The maximum Gasteiger partial charge on any atom is 0.229 e. The molecule has 0 unspecified atom stereocenters. The van der Waals surface area contributed by atoms with Gasteiger partial charge in [-0.05, 0) is 19.1 Å². The Bertz CT molecular complexity index is 450.